The third kappa shape index (κ3) is 5.51. The van der Waals surface area contributed by atoms with Gasteiger partial charge >= 0.3 is 0 Å². The van der Waals surface area contributed by atoms with Crippen LogP contribution in [0.2, 0.25) is 0 Å². The Morgan fingerprint density at radius 1 is 0.385 bits per heavy atom. The van der Waals surface area contributed by atoms with Crippen molar-refractivity contribution in [2.45, 2.75) is 0 Å². The summed E-state index contributed by atoms with van der Waals surface area (Å²) in [6.07, 6.45) is 0. The van der Waals surface area contributed by atoms with E-state index >= 15 is 0 Å². The lowest BCUT2D eigenvalue weighted by Gasteiger charge is -2.24. The topological polar surface area (TPSA) is 57.8 Å². The molecule has 0 saturated heterocycles. The molecule has 13 rings (SSSR count). The molecule has 9 aromatic carbocycles. The van der Waals surface area contributed by atoms with E-state index in [1.165, 1.54) is 0 Å². The highest BCUT2D eigenvalue weighted by atomic mass is 15.1. The Morgan fingerprint density at radius 2 is 0.769 bits per heavy atom. The number of rotatable bonds is 6. The Hall–Kier alpha value is -9.12. The molecule has 0 unspecified atom stereocenters. The summed E-state index contributed by atoms with van der Waals surface area (Å²) >= 11 is 0. The molecule has 4 heterocycles. The maximum absolute atomic E-state index is 9.74. The summed E-state index contributed by atoms with van der Waals surface area (Å²) in [5.74, 6) is 0.389. The molecule has 7 heteroatoms. The summed E-state index contributed by atoms with van der Waals surface area (Å²) < 4.78 is 116. The highest BCUT2D eigenvalue weighted by Gasteiger charge is 2.31. The largest absolute Gasteiger partial charge is 0.319 e. The van der Waals surface area contributed by atoms with Crippen molar-refractivity contribution in [1.29, 1.82) is 0 Å². The molecular weight excluding hydrogens is 795 g/mol. The van der Waals surface area contributed by atoms with Gasteiger partial charge in [-0.2, -0.15) is 0 Å². The van der Waals surface area contributed by atoms with Crippen LogP contribution in [0.15, 0.2) is 212 Å². The molecule has 4 aromatic heterocycles. The molecule has 7 nitrogen and oxygen atoms in total. The molecule has 0 amide bonds. The second-order valence-electron chi connectivity index (χ2n) is 15.4. The maximum atomic E-state index is 9.74. The van der Waals surface area contributed by atoms with Crippen molar-refractivity contribution in [3.63, 3.8) is 0 Å². The van der Waals surface area contributed by atoms with Gasteiger partial charge in [0.05, 0.1) is 78.7 Å². The van der Waals surface area contributed by atoms with Crippen LogP contribution in [0.1, 0.15) is 16.4 Å². The third-order valence-electron chi connectivity index (χ3n) is 11.9. The SMILES string of the molecule is [2H]c1c([2H])c([2H])c2c(c1[2H])c1ccccc1n2-c1cc(-n2c3ccccc3c3c([2H])c([2H])c([2H])c([2H])c32)c(-c2nc(-c3ccccc3)nc(-c3ccccc3)n2)c(-n2c3ccccc3c3c([2H])c([2H])c([2H])c([2H])c32)c1[N+]#[C-]. The lowest BCUT2D eigenvalue weighted by atomic mass is 10.0. The van der Waals surface area contributed by atoms with Crippen molar-refractivity contribution >= 4 is 71.1 Å². The molecule has 0 aliphatic rings. The van der Waals surface area contributed by atoms with Gasteiger partial charge < -0.3 is 13.7 Å². The summed E-state index contributed by atoms with van der Waals surface area (Å²) in [5, 5.41) is 1.78. The Labute approximate surface area is 390 Å². The van der Waals surface area contributed by atoms with E-state index in [9.17, 15) is 14.8 Å². The van der Waals surface area contributed by atoms with Crippen molar-refractivity contribution < 1.29 is 16.4 Å². The van der Waals surface area contributed by atoms with Gasteiger partial charge in [-0.15, -0.1) is 0 Å². The predicted molar refractivity (Wildman–Crippen MR) is 265 cm³/mol. The summed E-state index contributed by atoms with van der Waals surface area (Å²) in [6, 6.07) is 35.7. The van der Waals surface area contributed by atoms with Crippen molar-refractivity contribution in [1.82, 2.24) is 28.7 Å². The lowest BCUT2D eigenvalue weighted by Crippen LogP contribution is -2.10. The van der Waals surface area contributed by atoms with Gasteiger partial charge in [-0.25, -0.2) is 19.8 Å². The van der Waals surface area contributed by atoms with Gasteiger partial charge in [0.2, 0.25) is 5.69 Å². The molecule has 0 atom stereocenters. The van der Waals surface area contributed by atoms with Crippen molar-refractivity contribution in [3.8, 4) is 51.2 Å². The van der Waals surface area contributed by atoms with Gasteiger partial charge in [-0.05, 0) is 42.4 Å². The first-order valence-electron chi connectivity index (χ1n) is 26.7. The van der Waals surface area contributed by atoms with Gasteiger partial charge in [0.1, 0.15) is 0 Å². The van der Waals surface area contributed by atoms with E-state index in [4.69, 9.17) is 23.2 Å². The number of benzene rings is 9. The van der Waals surface area contributed by atoms with Crippen LogP contribution < -0.4 is 0 Å². The van der Waals surface area contributed by atoms with Crippen LogP contribution >= 0.6 is 0 Å². The zero-order chi connectivity index (χ0) is 53.5. The maximum Gasteiger partial charge on any atom is 0.234 e. The van der Waals surface area contributed by atoms with E-state index in [2.05, 4.69) is 4.85 Å². The van der Waals surface area contributed by atoms with E-state index in [1.54, 1.807) is 92.6 Å². The summed E-state index contributed by atoms with van der Waals surface area (Å²) in [7, 11) is 0. The van der Waals surface area contributed by atoms with Crippen molar-refractivity contribution in [2.75, 3.05) is 0 Å². The first-order valence-corrected chi connectivity index (χ1v) is 20.7. The minimum absolute atomic E-state index is 0.0136. The lowest BCUT2D eigenvalue weighted by molar-refractivity contribution is 1.05. The van der Waals surface area contributed by atoms with E-state index in [0.29, 0.717) is 43.8 Å². The van der Waals surface area contributed by atoms with Gasteiger partial charge in [0.25, 0.3) is 0 Å². The number of nitrogens with zero attached hydrogens (tertiary/aromatic N) is 7. The van der Waals surface area contributed by atoms with E-state index in [-0.39, 0.29) is 96.6 Å². The number of hydrogen-bond acceptors (Lipinski definition) is 3. The van der Waals surface area contributed by atoms with E-state index in [1.807, 2.05) is 60.7 Å². The monoisotopic (exact) mass is 841 g/mol. The van der Waals surface area contributed by atoms with Crippen LogP contribution in [-0.4, -0.2) is 28.7 Å². The Kier molecular flexibility index (Phi) is 5.88. The first kappa shape index (κ1) is 26.4. The van der Waals surface area contributed by atoms with Crippen LogP contribution in [0.3, 0.4) is 0 Å². The highest BCUT2D eigenvalue weighted by molar-refractivity contribution is 6.14. The van der Waals surface area contributed by atoms with Crippen molar-refractivity contribution in [2.24, 2.45) is 0 Å². The molecule has 0 spiro atoms. The summed E-state index contributed by atoms with van der Waals surface area (Å²) in [5.41, 5.74) is 2.42. The minimum Gasteiger partial charge on any atom is -0.319 e. The molecule has 0 aliphatic carbocycles. The molecule has 0 N–H and O–H groups in total. The van der Waals surface area contributed by atoms with Crippen LogP contribution in [-0.2, 0) is 0 Å². The second-order valence-corrected chi connectivity index (χ2v) is 15.4. The Bertz CT molecular complexity index is 4740. The van der Waals surface area contributed by atoms with Crippen LogP contribution in [0.5, 0.6) is 0 Å². The third-order valence-corrected chi connectivity index (χ3v) is 11.9. The smallest absolute Gasteiger partial charge is 0.234 e. The molecule has 0 radical (unpaired) electrons. The number of hydrogen-bond donors (Lipinski definition) is 0. The molecule has 65 heavy (non-hydrogen) atoms. The average Bonchev–Trinajstić information content (AvgIpc) is 4.13. The van der Waals surface area contributed by atoms with Crippen LogP contribution in [0, 0.1) is 6.57 Å². The summed E-state index contributed by atoms with van der Waals surface area (Å²) in [4.78, 5) is 19.9. The number of para-hydroxylation sites is 6. The van der Waals surface area contributed by atoms with Gasteiger partial charge in [0, 0.05) is 43.4 Å². The molecular formula is C58H35N7. The molecule has 0 bridgehead atoms. The Balaban J connectivity index is 1.38. The van der Waals surface area contributed by atoms with Crippen LogP contribution in [0.4, 0.5) is 5.69 Å². The van der Waals surface area contributed by atoms with Crippen molar-refractivity contribution in [3.05, 3.63) is 223 Å². The van der Waals surface area contributed by atoms with Gasteiger partial charge in [0.15, 0.2) is 17.5 Å². The quantitative estimate of drug-likeness (QED) is 0.157. The standard InChI is InChI=1S/C58H35N7/c1-59-54-52(64-47-32-16-10-26-41(47)42-27-11-17-33-48(42)64)36-51(63-45-30-14-8-24-39(45)40-25-9-15-31-46(40)63)53(55(54)65-49-34-18-12-28-43(49)44-29-13-19-35-50(44)65)58-61-56(37-20-4-2-5-21-37)60-57(62-58)38-22-6-3-7-23-38/h2-36H/i8D,10D,12D,14D,16D,18D,24D,26D,28D,30D,32D,34D. The van der Waals surface area contributed by atoms with Gasteiger partial charge in [-0.3, -0.25) is 0 Å². The zero-order valence-electron chi connectivity index (χ0n) is 45.9. The molecule has 0 fully saturated rings. The highest BCUT2D eigenvalue weighted by Crippen LogP contribution is 2.49. The number of aromatic nitrogens is 6. The molecule has 13 aromatic rings. The Morgan fingerprint density at radius 3 is 1.25 bits per heavy atom. The average molecular weight is 842 g/mol. The molecule has 0 saturated carbocycles. The van der Waals surface area contributed by atoms with Gasteiger partial charge in [-0.1, -0.05) is 170 Å². The first-order chi connectivity index (χ1) is 37.2. The fraction of sp³-hybridized carbons (Fsp3) is 0. The van der Waals surface area contributed by atoms with E-state index in [0.717, 1.165) is 0 Å². The van der Waals surface area contributed by atoms with Crippen LogP contribution in [0.25, 0.3) is 121 Å². The fourth-order valence-electron chi connectivity index (χ4n) is 9.19. The van der Waals surface area contributed by atoms with E-state index < -0.39 is 54.4 Å². The summed E-state index contributed by atoms with van der Waals surface area (Å²) in [6.45, 7) is 9.48. The fourth-order valence-corrected chi connectivity index (χ4v) is 9.19. The predicted octanol–water partition coefficient (Wildman–Crippen LogP) is 14.7. The zero-order valence-corrected chi connectivity index (χ0v) is 33.9. The molecule has 0 aliphatic heterocycles. The molecule has 302 valence electrons. The minimum atomic E-state index is -0.552. The normalized spacial score (nSPS) is 14.3. The number of fused-ring (bicyclic) bond motifs is 9. The second kappa shape index (κ2) is 14.5.